The second-order valence-electron chi connectivity index (χ2n) is 6.65. The van der Waals surface area contributed by atoms with E-state index in [2.05, 4.69) is 4.98 Å². The fourth-order valence-corrected chi connectivity index (χ4v) is 4.11. The zero-order chi connectivity index (χ0) is 20.1. The number of benzene rings is 2. The van der Waals surface area contributed by atoms with Crippen LogP contribution in [0.15, 0.2) is 42.7 Å². The van der Waals surface area contributed by atoms with Gasteiger partial charge in [-0.2, -0.15) is 4.31 Å². The second kappa shape index (κ2) is 6.68. The van der Waals surface area contributed by atoms with E-state index in [0.29, 0.717) is 25.2 Å². The van der Waals surface area contributed by atoms with Crippen molar-refractivity contribution in [2.45, 2.75) is 6.42 Å². The van der Waals surface area contributed by atoms with E-state index in [9.17, 15) is 22.3 Å². The van der Waals surface area contributed by atoms with Gasteiger partial charge in [0.25, 0.3) is 0 Å². The fourth-order valence-electron chi connectivity index (χ4n) is 3.34. The minimum absolute atomic E-state index is 0.00711. The molecule has 1 aliphatic heterocycles. The van der Waals surface area contributed by atoms with Crippen LogP contribution in [-0.4, -0.2) is 46.7 Å². The molecule has 28 heavy (non-hydrogen) atoms. The van der Waals surface area contributed by atoms with Gasteiger partial charge in [-0.05, 0) is 29.7 Å². The van der Waals surface area contributed by atoms with Crippen molar-refractivity contribution in [2.24, 2.45) is 0 Å². The zero-order valence-corrected chi connectivity index (χ0v) is 15.7. The van der Waals surface area contributed by atoms with Crippen molar-refractivity contribution in [1.29, 1.82) is 0 Å². The van der Waals surface area contributed by atoms with Crippen LogP contribution in [0, 0.1) is 11.6 Å². The third-order valence-corrected chi connectivity index (χ3v) is 6.13. The molecule has 0 radical (unpaired) electrons. The highest BCUT2D eigenvalue weighted by Gasteiger charge is 2.21. The lowest BCUT2D eigenvalue weighted by atomic mass is 10.00. The summed E-state index contributed by atoms with van der Waals surface area (Å²) < 4.78 is 53.9. The van der Waals surface area contributed by atoms with Crippen molar-refractivity contribution < 1.29 is 22.3 Å². The van der Waals surface area contributed by atoms with Crippen molar-refractivity contribution in [3.05, 3.63) is 59.9 Å². The number of imidazole rings is 1. The van der Waals surface area contributed by atoms with Crippen LogP contribution in [0.3, 0.4) is 0 Å². The van der Waals surface area contributed by atoms with Gasteiger partial charge in [0.2, 0.25) is 10.0 Å². The standard InChI is InChI=1S/C19H17F2N3O3S/c1-28(26,27)23-8-6-13(7-9-23)12-2-4-14(5-3-12)24-11-22-16-10-15(20)19(25)17(21)18(16)24/h2-6,10-11,25H,7-9H2,1H3. The van der Waals surface area contributed by atoms with E-state index in [4.69, 9.17) is 0 Å². The average Bonchev–Trinajstić information content (AvgIpc) is 3.09. The Kier molecular flexibility index (Phi) is 4.43. The number of rotatable bonds is 3. The average molecular weight is 405 g/mol. The molecule has 1 aromatic heterocycles. The van der Waals surface area contributed by atoms with E-state index in [1.54, 1.807) is 12.1 Å². The highest BCUT2D eigenvalue weighted by Crippen LogP contribution is 2.30. The molecule has 0 amide bonds. The normalized spacial score (nSPS) is 15.8. The van der Waals surface area contributed by atoms with Gasteiger partial charge < -0.3 is 5.11 Å². The Bertz CT molecular complexity index is 1200. The minimum atomic E-state index is -3.20. The van der Waals surface area contributed by atoms with Gasteiger partial charge in [0.05, 0.1) is 11.8 Å². The molecule has 0 saturated carbocycles. The maximum atomic E-state index is 14.3. The second-order valence-corrected chi connectivity index (χ2v) is 8.63. The molecule has 6 nitrogen and oxygen atoms in total. The number of phenols is 1. The molecular weight excluding hydrogens is 388 g/mol. The van der Waals surface area contributed by atoms with Crippen LogP contribution in [0.2, 0.25) is 0 Å². The first-order valence-electron chi connectivity index (χ1n) is 8.54. The number of aromatic hydroxyl groups is 1. The van der Waals surface area contributed by atoms with Crippen molar-refractivity contribution in [3.63, 3.8) is 0 Å². The lowest BCUT2D eigenvalue weighted by Gasteiger charge is -2.24. The Labute approximate surface area is 160 Å². The van der Waals surface area contributed by atoms with Crippen LogP contribution in [0.1, 0.15) is 12.0 Å². The molecule has 4 rings (SSSR count). The van der Waals surface area contributed by atoms with E-state index in [-0.39, 0.29) is 11.0 Å². The van der Waals surface area contributed by atoms with E-state index in [1.807, 2.05) is 18.2 Å². The number of hydrogen-bond acceptors (Lipinski definition) is 4. The van der Waals surface area contributed by atoms with Gasteiger partial charge in [-0.1, -0.05) is 18.2 Å². The quantitative estimate of drug-likeness (QED) is 0.727. The third-order valence-electron chi connectivity index (χ3n) is 4.86. The van der Waals surface area contributed by atoms with E-state index in [0.717, 1.165) is 17.2 Å². The molecule has 0 bridgehead atoms. The largest absolute Gasteiger partial charge is 0.503 e. The first-order chi connectivity index (χ1) is 13.3. The molecule has 2 heterocycles. The molecule has 2 aromatic carbocycles. The maximum Gasteiger partial charge on any atom is 0.211 e. The molecule has 0 fully saturated rings. The van der Waals surface area contributed by atoms with E-state index < -0.39 is 27.4 Å². The van der Waals surface area contributed by atoms with Gasteiger partial charge in [-0.3, -0.25) is 4.57 Å². The SMILES string of the molecule is CS(=O)(=O)N1CC=C(c2ccc(-n3cnc4cc(F)c(O)c(F)c43)cc2)CC1. The van der Waals surface area contributed by atoms with Gasteiger partial charge in [-0.25, -0.2) is 22.2 Å². The van der Waals surface area contributed by atoms with Gasteiger partial charge in [-0.15, -0.1) is 0 Å². The van der Waals surface area contributed by atoms with Crippen LogP contribution in [0.25, 0.3) is 22.3 Å². The molecular formula is C19H17F2N3O3S. The molecule has 0 unspecified atom stereocenters. The molecule has 0 atom stereocenters. The summed E-state index contributed by atoms with van der Waals surface area (Å²) >= 11 is 0. The Morgan fingerprint density at radius 3 is 2.50 bits per heavy atom. The van der Waals surface area contributed by atoms with Gasteiger partial charge in [0.15, 0.2) is 17.4 Å². The number of fused-ring (bicyclic) bond motifs is 1. The Hall–Kier alpha value is -2.78. The minimum Gasteiger partial charge on any atom is -0.503 e. The molecule has 0 spiro atoms. The molecule has 3 aromatic rings. The van der Waals surface area contributed by atoms with Gasteiger partial charge >= 0.3 is 0 Å². The smallest absolute Gasteiger partial charge is 0.211 e. The summed E-state index contributed by atoms with van der Waals surface area (Å²) in [7, 11) is -3.20. The maximum absolute atomic E-state index is 14.3. The number of aromatic nitrogens is 2. The predicted molar refractivity (Wildman–Crippen MR) is 102 cm³/mol. The summed E-state index contributed by atoms with van der Waals surface area (Å²) in [4.78, 5) is 4.00. The molecule has 0 saturated heterocycles. The van der Waals surface area contributed by atoms with Crippen LogP contribution >= 0.6 is 0 Å². The number of hydrogen-bond donors (Lipinski definition) is 1. The molecule has 1 N–H and O–H groups in total. The number of halogens is 2. The van der Waals surface area contributed by atoms with Crippen molar-refractivity contribution in [3.8, 4) is 11.4 Å². The summed E-state index contributed by atoms with van der Waals surface area (Å²) in [6.07, 6.45) is 5.04. The molecule has 9 heteroatoms. The van der Waals surface area contributed by atoms with Crippen LogP contribution in [0.5, 0.6) is 5.75 Å². The predicted octanol–water partition coefficient (Wildman–Crippen LogP) is 3.06. The first-order valence-corrected chi connectivity index (χ1v) is 10.4. The van der Waals surface area contributed by atoms with Crippen molar-refractivity contribution in [1.82, 2.24) is 13.9 Å². The summed E-state index contributed by atoms with van der Waals surface area (Å²) in [6, 6.07) is 8.22. The highest BCUT2D eigenvalue weighted by atomic mass is 32.2. The fraction of sp³-hybridized carbons (Fsp3) is 0.211. The highest BCUT2D eigenvalue weighted by molar-refractivity contribution is 7.88. The van der Waals surface area contributed by atoms with Gasteiger partial charge in [0.1, 0.15) is 11.8 Å². The number of nitrogens with zero attached hydrogens (tertiary/aromatic N) is 3. The summed E-state index contributed by atoms with van der Waals surface area (Å²) in [5.74, 6) is -3.15. The Morgan fingerprint density at radius 2 is 1.89 bits per heavy atom. The van der Waals surface area contributed by atoms with E-state index in [1.165, 1.54) is 21.5 Å². The first kappa shape index (κ1) is 18.6. The Morgan fingerprint density at radius 1 is 1.18 bits per heavy atom. The lowest BCUT2D eigenvalue weighted by molar-refractivity contribution is 0.399. The van der Waals surface area contributed by atoms with Crippen LogP contribution < -0.4 is 0 Å². The third kappa shape index (κ3) is 3.16. The summed E-state index contributed by atoms with van der Waals surface area (Å²) in [6.45, 7) is 0.757. The topological polar surface area (TPSA) is 75.4 Å². The molecule has 0 aliphatic carbocycles. The zero-order valence-electron chi connectivity index (χ0n) is 14.9. The molecule has 146 valence electrons. The summed E-state index contributed by atoms with van der Waals surface area (Å²) in [5.41, 5.74) is 2.67. The molecule has 1 aliphatic rings. The lowest BCUT2D eigenvalue weighted by Crippen LogP contribution is -2.33. The summed E-state index contributed by atoms with van der Waals surface area (Å²) in [5, 5.41) is 9.54. The number of phenolic OH excluding ortho intramolecular Hbond substituents is 1. The van der Waals surface area contributed by atoms with Crippen LogP contribution in [0.4, 0.5) is 8.78 Å². The van der Waals surface area contributed by atoms with Crippen molar-refractivity contribution in [2.75, 3.05) is 19.3 Å². The van der Waals surface area contributed by atoms with Crippen LogP contribution in [-0.2, 0) is 10.0 Å². The van der Waals surface area contributed by atoms with E-state index >= 15 is 0 Å². The van der Waals surface area contributed by atoms with Gasteiger partial charge in [0, 0.05) is 24.8 Å². The van der Waals surface area contributed by atoms with Crippen molar-refractivity contribution >= 4 is 26.6 Å². The monoisotopic (exact) mass is 405 g/mol. The number of sulfonamides is 1. The Balaban J connectivity index is 1.66.